The van der Waals surface area contributed by atoms with Gasteiger partial charge in [0.1, 0.15) is 6.17 Å². The highest BCUT2D eigenvalue weighted by Crippen LogP contribution is 2.35. The summed E-state index contributed by atoms with van der Waals surface area (Å²) in [5.74, 6) is 0.156. The molecule has 2 aliphatic rings. The molecule has 1 N–H and O–H groups in total. The van der Waals surface area contributed by atoms with Crippen molar-refractivity contribution in [3.8, 4) is 0 Å². The van der Waals surface area contributed by atoms with Crippen LogP contribution in [0.1, 0.15) is 59.1 Å². The third-order valence-electron chi connectivity index (χ3n) is 5.38. The van der Waals surface area contributed by atoms with E-state index in [0.29, 0.717) is 5.56 Å². The van der Waals surface area contributed by atoms with Crippen molar-refractivity contribution >= 4 is 17.5 Å². The molecule has 27 heavy (non-hydrogen) atoms. The number of benzene rings is 2. The molecule has 1 unspecified atom stereocenters. The van der Waals surface area contributed by atoms with Gasteiger partial charge in [-0.25, -0.2) is 0 Å². The number of nitrogens with zero attached hydrogens (tertiary/aromatic N) is 2. The molecular formula is C22H25N3O2. The molecule has 2 aliphatic heterocycles. The van der Waals surface area contributed by atoms with Gasteiger partial charge in [-0.2, -0.15) is 0 Å². The molecule has 1 saturated heterocycles. The number of hydrogen-bond donors (Lipinski definition) is 1. The van der Waals surface area contributed by atoms with E-state index in [1.165, 1.54) is 0 Å². The van der Waals surface area contributed by atoms with E-state index in [9.17, 15) is 9.59 Å². The summed E-state index contributed by atoms with van der Waals surface area (Å²) < 4.78 is 0. The number of fused-ring (bicyclic) bond motifs is 1. The second kappa shape index (κ2) is 7.06. The summed E-state index contributed by atoms with van der Waals surface area (Å²) in [7, 11) is 0. The highest BCUT2D eigenvalue weighted by Gasteiger charge is 2.37. The van der Waals surface area contributed by atoms with Crippen LogP contribution in [0, 0.1) is 0 Å². The first kappa shape index (κ1) is 17.6. The van der Waals surface area contributed by atoms with E-state index in [1.54, 1.807) is 0 Å². The first-order valence-electron chi connectivity index (χ1n) is 9.64. The van der Waals surface area contributed by atoms with Crippen molar-refractivity contribution in [1.29, 1.82) is 0 Å². The second-order valence-corrected chi connectivity index (χ2v) is 7.52. The fraction of sp³-hybridized carbons (Fsp3) is 0.364. The van der Waals surface area contributed by atoms with E-state index >= 15 is 0 Å². The van der Waals surface area contributed by atoms with E-state index in [-0.39, 0.29) is 24.0 Å². The SMILES string of the molecule is CC(C)N1C(=O)c2ccccc2C1Nc1ccc(C(=O)N2CCCC2)cc1. The maximum absolute atomic E-state index is 12.8. The zero-order valence-electron chi connectivity index (χ0n) is 15.8. The number of likely N-dealkylation sites (tertiary alicyclic amines) is 1. The number of rotatable bonds is 4. The minimum absolute atomic E-state index is 0.0546. The molecule has 4 rings (SSSR count). The molecule has 0 spiro atoms. The molecule has 2 aromatic rings. The van der Waals surface area contributed by atoms with Crippen molar-refractivity contribution in [3.63, 3.8) is 0 Å². The third kappa shape index (κ3) is 3.18. The molecular weight excluding hydrogens is 338 g/mol. The van der Waals surface area contributed by atoms with Gasteiger partial charge in [0.25, 0.3) is 11.8 Å². The number of carbonyl (C=O) groups is 2. The van der Waals surface area contributed by atoms with Gasteiger partial charge in [0.15, 0.2) is 0 Å². The molecule has 1 atom stereocenters. The van der Waals surface area contributed by atoms with Gasteiger partial charge in [-0.05, 0) is 57.0 Å². The smallest absolute Gasteiger partial charge is 0.256 e. The highest BCUT2D eigenvalue weighted by atomic mass is 16.2. The van der Waals surface area contributed by atoms with Crippen LogP contribution in [-0.2, 0) is 0 Å². The van der Waals surface area contributed by atoms with Crippen LogP contribution in [-0.4, -0.2) is 40.7 Å². The summed E-state index contributed by atoms with van der Waals surface area (Å²) in [5.41, 5.74) is 3.36. The van der Waals surface area contributed by atoms with Crippen LogP contribution in [0.15, 0.2) is 48.5 Å². The Hall–Kier alpha value is -2.82. The summed E-state index contributed by atoms with van der Waals surface area (Å²) in [6, 6.07) is 15.4. The maximum Gasteiger partial charge on any atom is 0.256 e. The van der Waals surface area contributed by atoms with Gasteiger partial charge in [0, 0.05) is 41.5 Å². The Morgan fingerprint density at radius 1 is 1.04 bits per heavy atom. The molecule has 5 heteroatoms. The predicted octanol–water partition coefficient (Wildman–Crippen LogP) is 3.90. The van der Waals surface area contributed by atoms with Crippen molar-refractivity contribution in [1.82, 2.24) is 9.80 Å². The molecule has 0 radical (unpaired) electrons. The quantitative estimate of drug-likeness (QED) is 0.896. The standard InChI is InChI=1S/C22H25N3O2/c1-15(2)25-20(18-7-3-4-8-19(18)22(25)27)23-17-11-9-16(10-12-17)21(26)24-13-5-6-14-24/h3-4,7-12,15,20,23H,5-6,13-14H2,1-2H3. The summed E-state index contributed by atoms with van der Waals surface area (Å²) in [5, 5.41) is 3.47. The normalized spacial score (nSPS) is 18.9. The summed E-state index contributed by atoms with van der Waals surface area (Å²) in [4.78, 5) is 29.0. The molecule has 5 nitrogen and oxygen atoms in total. The number of hydrogen-bond acceptors (Lipinski definition) is 3. The highest BCUT2D eigenvalue weighted by molar-refractivity contribution is 5.99. The lowest BCUT2D eigenvalue weighted by Gasteiger charge is -2.30. The van der Waals surface area contributed by atoms with Crippen molar-refractivity contribution in [2.75, 3.05) is 18.4 Å². The molecule has 2 heterocycles. The minimum Gasteiger partial charge on any atom is -0.361 e. The van der Waals surface area contributed by atoms with Crippen molar-refractivity contribution in [2.24, 2.45) is 0 Å². The summed E-state index contributed by atoms with van der Waals surface area (Å²) in [6.07, 6.45) is 1.98. The molecule has 0 bridgehead atoms. The molecule has 2 amide bonds. The summed E-state index contributed by atoms with van der Waals surface area (Å²) >= 11 is 0. The van der Waals surface area contributed by atoms with Crippen molar-refractivity contribution < 1.29 is 9.59 Å². The van der Waals surface area contributed by atoms with Crippen LogP contribution in [0.3, 0.4) is 0 Å². The molecule has 2 aromatic carbocycles. The van der Waals surface area contributed by atoms with Crippen LogP contribution in [0.4, 0.5) is 5.69 Å². The molecule has 0 aromatic heterocycles. The zero-order valence-corrected chi connectivity index (χ0v) is 15.8. The molecule has 0 aliphatic carbocycles. The van der Waals surface area contributed by atoms with Gasteiger partial charge < -0.3 is 15.1 Å². The van der Waals surface area contributed by atoms with Gasteiger partial charge in [-0.1, -0.05) is 18.2 Å². The minimum atomic E-state index is -0.200. The van der Waals surface area contributed by atoms with Crippen molar-refractivity contribution in [3.05, 3.63) is 65.2 Å². The largest absolute Gasteiger partial charge is 0.361 e. The number of anilines is 1. The molecule has 1 fully saturated rings. The van der Waals surface area contributed by atoms with Gasteiger partial charge >= 0.3 is 0 Å². The second-order valence-electron chi connectivity index (χ2n) is 7.52. The topological polar surface area (TPSA) is 52.7 Å². The van der Waals surface area contributed by atoms with Crippen LogP contribution < -0.4 is 5.32 Å². The number of carbonyl (C=O) groups excluding carboxylic acids is 2. The fourth-order valence-electron chi connectivity index (χ4n) is 3.99. The van der Waals surface area contributed by atoms with Crippen LogP contribution in [0.5, 0.6) is 0 Å². The Morgan fingerprint density at radius 2 is 1.70 bits per heavy atom. The number of nitrogens with one attached hydrogen (secondary N) is 1. The Bertz CT molecular complexity index is 854. The van der Waals surface area contributed by atoms with E-state index in [1.807, 2.05) is 72.2 Å². The van der Waals surface area contributed by atoms with Crippen LogP contribution >= 0.6 is 0 Å². The first-order valence-corrected chi connectivity index (χ1v) is 9.64. The van der Waals surface area contributed by atoms with Crippen LogP contribution in [0.2, 0.25) is 0 Å². The Morgan fingerprint density at radius 3 is 2.37 bits per heavy atom. The average molecular weight is 363 g/mol. The van der Waals surface area contributed by atoms with Crippen molar-refractivity contribution in [2.45, 2.75) is 38.9 Å². The number of amides is 2. The lowest BCUT2D eigenvalue weighted by molar-refractivity contribution is 0.0684. The third-order valence-corrected chi connectivity index (χ3v) is 5.38. The fourth-order valence-corrected chi connectivity index (χ4v) is 3.99. The maximum atomic E-state index is 12.8. The predicted molar refractivity (Wildman–Crippen MR) is 106 cm³/mol. The van der Waals surface area contributed by atoms with E-state index < -0.39 is 0 Å². The first-order chi connectivity index (χ1) is 13.1. The monoisotopic (exact) mass is 363 g/mol. The van der Waals surface area contributed by atoms with Crippen LogP contribution in [0.25, 0.3) is 0 Å². The van der Waals surface area contributed by atoms with Gasteiger partial charge in [-0.15, -0.1) is 0 Å². The van der Waals surface area contributed by atoms with E-state index in [2.05, 4.69) is 5.32 Å². The Kier molecular flexibility index (Phi) is 4.60. The van der Waals surface area contributed by atoms with Gasteiger partial charge in [0.2, 0.25) is 0 Å². The zero-order chi connectivity index (χ0) is 19.0. The van der Waals surface area contributed by atoms with Gasteiger partial charge in [0.05, 0.1) is 0 Å². The molecule has 140 valence electrons. The summed E-state index contributed by atoms with van der Waals surface area (Å²) in [6.45, 7) is 5.75. The Labute approximate surface area is 160 Å². The molecule has 0 saturated carbocycles. The van der Waals surface area contributed by atoms with E-state index in [4.69, 9.17) is 0 Å². The lowest BCUT2D eigenvalue weighted by Crippen LogP contribution is -2.37. The van der Waals surface area contributed by atoms with Gasteiger partial charge in [-0.3, -0.25) is 9.59 Å². The van der Waals surface area contributed by atoms with E-state index in [0.717, 1.165) is 42.7 Å². The lowest BCUT2D eigenvalue weighted by atomic mass is 10.1. The Balaban J connectivity index is 1.56. The average Bonchev–Trinajstić information content (AvgIpc) is 3.30.